The third-order valence-corrected chi connectivity index (χ3v) is 2.78. The number of aryl methyl sites for hydroxylation is 1. The molecule has 0 spiro atoms. The van der Waals surface area contributed by atoms with Crippen molar-refractivity contribution in [3.8, 4) is 0 Å². The molecule has 0 saturated heterocycles. The number of benzene rings is 1. The van der Waals surface area contributed by atoms with Gasteiger partial charge in [0.2, 0.25) is 0 Å². The largest absolute Gasteiger partial charge is 0.451 e. The van der Waals surface area contributed by atoms with Crippen LogP contribution in [0.4, 0.5) is 0 Å². The number of carbonyl (C=O) groups is 1. The van der Waals surface area contributed by atoms with Gasteiger partial charge in [0.15, 0.2) is 5.76 Å². The highest BCUT2D eigenvalue weighted by Crippen LogP contribution is 2.20. The van der Waals surface area contributed by atoms with E-state index in [0.717, 1.165) is 10.9 Å². The first-order valence-corrected chi connectivity index (χ1v) is 5.85. The van der Waals surface area contributed by atoms with Gasteiger partial charge < -0.3 is 9.73 Å². The van der Waals surface area contributed by atoms with Crippen LogP contribution < -0.4 is 5.32 Å². The SMILES string of the molecule is Cc1ccc2oc(C(=O)NCc3ncn[nH]3)cc2c1. The fourth-order valence-electron chi connectivity index (χ4n) is 1.84. The van der Waals surface area contributed by atoms with E-state index < -0.39 is 0 Å². The molecule has 6 heteroatoms. The summed E-state index contributed by atoms with van der Waals surface area (Å²) in [5.41, 5.74) is 1.83. The summed E-state index contributed by atoms with van der Waals surface area (Å²) in [6, 6.07) is 7.52. The number of hydrogen-bond donors (Lipinski definition) is 2. The summed E-state index contributed by atoms with van der Waals surface area (Å²) >= 11 is 0. The maximum Gasteiger partial charge on any atom is 0.287 e. The quantitative estimate of drug-likeness (QED) is 0.748. The third kappa shape index (κ3) is 2.33. The highest BCUT2D eigenvalue weighted by Gasteiger charge is 2.12. The molecule has 0 fully saturated rings. The Morgan fingerprint density at radius 1 is 1.42 bits per heavy atom. The average Bonchev–Trinajstić information content (AvgIpc) is 3.04. The lowest BCUT2D eigenvalue weighted by atomic mass is 10.2. The standard InChI is InChI=1S/C13H12N4O2/c1-8-2-3-10-9(4-8)5-11(19-10)13(18)14-6-12-15-7-16-17-12/h2-5,7H,6H2,1H3,(H,14,18)(H,15,16,17). The first-order chi connectivity index (χ1) is 9.22. The van der Waals surface area contributed by atoms with Crippen LogP contribution in [0, 0.1) is 6.92 Å². The predicted octanol–water partition coefficient (Wildman–Crippen LogP) is 1.79. The second-order valence-corrected chi connectivity index (χ2v) is 4.27. The molecule has 3 aromatic rings. The molecule has 2 heterocycles. The maximum atomic E-state index is 11.9. The average molecular weight is 256 g/mol. The fourth-order valence-corrected chi connectivity index (χ4v) is 1.84. The summed E-state index contributed by atoms with van der Waals surface area (Å²) in [5, 5.41) is 10.0. The molecule has 6 nitrogen and oxygen atoms in total. The van der Waals surface area contributed by atoms with Crippen LogP contribution in [-0.2, 0) is 6.54 Å². The minimum atomic E-state index is -0.273. The van der Waals surface area contributed by atoms with Crippen molar-refractivity contribution in [2.24, 2.45) is 0 Å². The lowest BCUT2D eigenvalue weighted by Gasteiger charge is -1.98. The van der Waals surface area contributed by atoms with Gasteiger partial charge in [-0.2, -0.15) is 5.10 Å². The van der Waals surface area contributed by atoms with Gasteiger partial charge in [0.1, 0.15) is 17.7 Å². The topological polar surface area (TPSA) is 83.8 Å². The predicted molar refractivity (Wildman–Crippen MR) is 68.5 cm³/mol. The lowest BCUT2D eigenvalue weighted by Crippen LogP contribution is -2.22. The molecule has 1 amide bonds. The zero-order valence-corrected chi connectivity index (χ0v) is 10.3. The van der Waals surface area contributed by atoms with Crippen molar-refractivity contribution in [3.63, 3.8) is 0 Å². The van der Waals surface area contributed by atoms with E-state index in [1.807, 2.05) is 25.1 Å². The first kappa shape index (κ1) is 11.5. The number of nitrogens with one attached hydrogen (secondary N) is 2. The summed E-state index contributed by atoms with van der Waals surface area (Å²) in [6.45, 7) is 2.28. The van der Waals surface area contributed by atoms with Crippen LogP contribution in [0.1, 0.15) is 21.9 Å². The van der Waals surface area contributed by atoms with E-state index in [0.29, 0.717) is 17.2 Å². The van der Waals surface area contributed by atoms with Crippen molar-refractivity contribution in [1.82, 2.24) is 20.5 Å². The molecule has 0 bridgehead atoms. The second-order valence-electron chi connectivity index (χ2n) is 4.27. The van der Waals surface area contributed by atoms with E-state index in [2.05, 4.69) is 20.5 Å². The Balaban J connectivity index is 1.77. The Morgan fingerprint density at radius 2 is 2.32 bits per heavy atom. The summed E-state index contributed by atoms with van der Waals surface area (Å²) in [7, 11) is 0. The van der Waals surface area contributed by atoms with Gasteiger partial charge in [0, 0.05) is 5.39 Å². The van der Waals surface area contributed by atoms with Crippen molar-refractivity contribution < 1.29 is 9.21 Å². The van der Waals surface area contributed by atoms with Crippen LogP contribution in [0.5, 0.6) is 0 Å². The molecule has 0 saturated carbocycles. The first-order valence-electron chi connectivity index (χ1n) is 5.85. The number of amides is 1. The van der Waals surface area contributed by atoms with E-state index in [1.54, 1.807) is 6.07 Å². The van der Waals surface area contributed by atoms with Crippen LogP contribution in [0.25, 0.3) is 11.0 Å². The van der Waals surface area contributed by atoms with Crippen LogP contribution in [-0.4, -0.2) is 21.1 Å². The van der Waals surface area contributed by atoms with Gasteiger partial charge in [-0.1, -0.05) is 11.6 Å². The Kier molecular flexibility index (Phi) is 2.75. The number of hydrogen-bond acceptors (Lipinski definition) is 4. The minimum Gasteiger partial charge on any atom is -0.451 e. The van der Waals surface area contributed by atoms with Crippen LogP contribution in [0.15, 0.2) is 35.0 Å². The molecular formula is C13H12N4O2. The summed E-state index contributed by atoms with van der Waals surface area (Å²) in [5.74, 6) is 0.616. The fraction of sp³-hybridized carbons (Fsp3) is 0.154. The number of rotatable bonds is 3. The smallest absolute Gasteiger partial charge is 0.287 e. The van der Waals surface area contributed by atoms with Gasteiger partial charge >= 0.3 is 0 Å². The molecule has 19 heavy (non-hydrogen) atoms. The minimum absolute atomic E-state index is 0.273. The maximum absolute atomic E-state index is 11.9. The van der Waals surface area contributed by atoms with E-state index in [4.69, 9.17) is 4.42 Å². The van der Waals surface area contributed by atoms with Crippen LogP contribution in [0.3, 0.4) is 0 Å². The van der Waals surface area contributed by atoms with Crippen molar-refractivity contribution >= 4 is 16.9 Å². The van der Waals surface area contributed by atoms with Crippen LogP contribution >= 0.6 is 0 Å². The Morgan fingerprint density at radius 3 is 3.11 bits per heavy atom. The number of fused-ring (bicyclic) bond motifs is 1. The van der Waals surface area contributed by atoms with Crippen molar-refractivity contribution in [2.75, 3.05) is 0 Å². The summed E-state index contributed by atoms with van der Waals surface area (Å²) in [6.07, 6.45) is 1.39. The highest BCUT2D eigenvalue weighted by molar-refractivity contribution is 5.96. The highest BCUT2D eigenvalue weighted by atomic mass is 16.3. The number of carbonyl (C=O) groups excluding carboxylic acids is 1. The van der Waals surface area contributed by atoms with E-state index in [1.165, 1.54) is 6.33 Å². The zero-order chi connectivity index (χ0) is 13.2. The molecule has 0 unspecified atom stereocenters. The number of H-pyrrole nitrogens is 1. The second kappa shape index (κ2) is 4.56. The van der Waals surface area contributed by atoms with Gasteiger partial charge in [-0.3, -0.25) is 9.89 Å². The number of furan rings is 1. The molecular weight excluding hydrogens is 244 g/mol. The third-order valence-electron chi connectivity index (χ3n) is 2.78. The molecule has 96 valence electrons. The number of aromatic amines is 1. The van der Waals surface area contributed by atoms with Crippen LogP contribution in [0.2, 0.25) is 0 Å². The Hall–Kier alpha value is -2.63. The summed E-state index contributed by atoms with van der Waals surface area (Å²) in [4.78, 5) is 15.9. The van der Waals surface area contributed by atoms with E-state index in [-0.39, 0.29) is 12.5 Å². The molecule has 0 aliphatic heterocycles. The van der Waals surface area contributed by atoms with E-state index >= 15 is 0 Å². The van der Waals surface area contributed by atoms with Crippen molar-refractivity contribution in [3.05, 3.63) is 47.7 Å². The molecule has 1 aromatic carbocycles. The van der Waals surface area contributed by atoms with Crippen molar-refractivity contribution in [1.29, 1.82) is 0 Å². The molecule has 0 radical (unpaired) electrons. The normalized spacial score (nSPS) is 10.8. The molecule has 3 rings (SSSR count). The lowest BCUT2D eigenvalue weighted by molar-refractivity contribution is 0.0924. The number of nitrogens with zero attached hydrogens (tertiary/aromatic N) is 2. The van der Waals surface area contributed by atoms with Gasteiger partial charge in [0.25, 0.3) is 5.91 Å². The summed E-state index contributed by atoms with van der Waals surface area (Å²) < 4.78 is 5.50. The van der Waals surface area contributed by atoms with Gasteiger partial charge in [0.05, 0.1) is 6.54 Å². The van der Waals surface area contributed by atoms with Gasteiger partial charge in [-0.15, -0.1) is 0 Å². The van der Waals surface area contributed by atoms with E-state index in [9.17, 15) is 4.79 Å². The molecule has 0 atom stereocenters. The van der Waals surface area contributed by atoms with Crippen molar-refractivity contribution in [2.45, 2.75) is 13.5 Å². The molecule has 0 aliphatic rings. The van der Waals surface area contributed by atoms with Gasteiger partial charge in [-0.05, 0) is 25.1 Å². The molecule has 2 N–H and O–H groups in total. The number of aromatic nitrogens is 3. The van der Waals surface area contributed by atoms with Gasteiger partial charge in [-0.25, -0.2) is 4.98 Å². The Labute approximate surface area is 108 Å². The zero-order valence-electron chi connectivity index (χ0n) is 10.3. The molecule has 0 aliphatic carbocycles. The molecule has 2 aromatic heterocycles. The Bertz CT molecular complexity index is 715. The monoisotopic (exact) mass is 256 g/mol.